The first-order valence-electron chi connectivity index (χ1n) is 8.77. The van der Waals surface area contributed by atoms with E-state index in [2.05, 4.69) is 46.5 Å². The molecule has 1 N–H and O–H groups in total. The quantitative estimate of drug-likeness (QED) is 0.549. The number of nitrogens with one attached hydrogen (secondary N) is 1. The lowest BCUT2D eigenvalue weighted by atomic mass is 10.0. The van der Waals surface area contributed by atoms with Gasteiger partial charge in [0.1, 0.15) is 6.54 Å². The monoisotopic (exact) mass is 393 g/mol. The van der Waals surface area contributed by atoms with E-state index < -0.39 is 0 Å². The second kappa shape index (κ2) is 7.40. The third kappa shape index (κ3) is 3.86. The third-order valence-electron chi connectivity index (χ3n) is 4.25. The van der Waals surface area contributed by atoms with Crippen LogP contribution in [0.5, 0.6) is 0 Å². The molecule has 0 saturated carbocycles. The Morgan fingerprint density at radius 2 is 2.07 bits per heavy atom. The van der Waals surface area contributed by atoms with E-state index in [0.29, 0.717) is 17.4 Å². The summed E-state index contributed by atoms with van der Waals surface area (Å²) in [6.07, 6.45) is 3.66. The summed E-state index contributed by atoms with van der Waals surface area (Å²) in [7, 11) is 0. The Morgan fingerprint density at radius 3 is 2.82 bits per heavy atom. The summed E-state index contributed by atoms with van der Waals surface area (Å²) in [6.45, 7) is 6.49. The number of anilines is 1. The average Bonchev–Trinajstić information content (AvgIpc) is 3.37. The van der Waals surface area contributed by atoms with Crippen LogP contribution in [-0.4, -0.2) is 25.8 Å². The predicted molar refractivity (Wildman–Crippen MR) is 108 cm³/mol. The summed E-state index contributed by atoms with van der Waals surface area (Å²) in [4.78, 5) is 17.0. The van der Waals surface area contributed by atoms with Gasteiger partial charge in [-0.15, -0.1) is 11.3 Å². The summed E-state index contributed by atoms with van der Waals surface area (Å²) in [5.74, 6) is 0.205. The molecular weight excluding hydrogens is 374 g/mol. The Morgan fingerprint density at radius 1 is 1.21 bits per heavy atom. The van der Waals surface area contributed by atoms with Gasteiger partial charge in [-0.25, -0.2) is 4.98 Å². The molecule has 0 fully saturated rings. The van der Waals surface area contributed by atoms with E-state index >= 15 is 0 Å². The first-order chi connectivity index (χ1) is 13.5. The molecule has 4 aromatic rings. The van der Waals surface area contributed by atoms with Crippen LogP contribution in [0.25, 0.3) is 11.3 Å². The normalized spacial score (nSPS) is 11.0. The maximum absolute atomic E-state index is 12.5. The molecule has 0 bridgehead atoms. The molecule has 1 aromatic carbocycles. The van der Waals surface area contributed by atoms with E-state index in [0.717, 1.165) is 22.4 Å². The van der Waals surface area contributed by atoms with Gasteiger partial charge in [0.15, 0.2) is 16.6 Å². The molecule has 0 unspecified atom stereocenters. The second-order valence-electron chi connectivity index (χ2n) is 6.70. The highest BCUT2D eigenvalue weighted by atomic mass is 32.1. The lowest BCUT2D eigenvalue weighted by Crippen LogP contribution is -2.12. The highest BCUT2D eigenvalue weighted by Gasteiger charge is 2.16. The molecule has 0 spiro atoms. The number of hydrogen-bond acceptors (Lipinski definition) is 6. The predicted octanol–water partition coefficient (Wildman–Crippen LogP) is 4.22. The third-order valence-corrected chi connectivity index (χ3v) is 5.01. The minimum atomic E-state index is -0.354. The Balaban J connectivity index is 1.45. The summed E-state index contributed by atoms with van der Waals surface area (Å²) >= 11 is 1.38. The Bertz CT molecular complexity index is 1140. The molecule has 1 amide bonds. The van der Waals surface area contributed by atoms with Gasteiger partial charge < -0.3 is 4.52 Å². The van der Waals surface area contributed by atoms with Crippen molar-refractivity contribution in [2.45, 2.75) is 27.3 Å². The number of hydrogen-bond donors (Lipinski definition) is 1. The molecule has 0 aliphatic carbocycles. The van der Waals surface area contributed by atoms with Gasteiger partial charge in [-0.05, 0) is 31.9 Å². The van der Waals surface area contributed by atoms with Gasteiger partial charge in [0, 0.05) is 23.2 Å². The largest absolute Gasteiger partial charge is 0.359 e. The second-order valence-corrected chi connectivity index (χ2v) is 7.56. The van der Waals surface area contributed by atoms with Crippen molar-refractivity contribution in [3.63, 3.8) is 0 Å². The van der Waals surface area contributed by atoms with Crippen LogP contribution in [0, 0.1) is 20.8 Å². The maximum atomic E-state index is 12.5. The molecule has 8 heteroatoms. The summed E-state index contributed by atoms with van der Waals surface area (Å²) < 4.78 is 6.98. The van der Waals surface area contributed by atoms with Gasteiger partial charge in [0.25, 0.3) is 5.91 Å². The minimum absolute atomic E-state index is 0.210. The molecule has 7 nitrogen and oxygen atoms in total. The molecule has 3 aromatic heterocycles. The molecule has 3 heterocycles. The highest BCUT2D eigenvalue weighted by molar-refractivity contribution is 7.14. The van der Waals surface area contributed by atoms with Gasteiger partial charge in [-0.2, -0.15) is 5.10 Å². The molecule has 0 atom stereocenters. The number of amides is 1. The summed E-state index contributed by atoms with van der Waals surface area (Å²) in [5.41, 5.74) is 5.52. The van der Waals surface area contributed by atoms with E-state index in [1.807, 2.05) is 24.6 Å². The minimum Gasteiger partial charge on any atom is -0.359 e. The Labute approximate surface area is 166 Å². The van der Waals surface area contributed by atoms with E-state index in [1.54, 1.807) is 16.9 Å². The number of rotatable bonds is 5. The smallest absolute Gasteiger partial charge is 0.279 e. The fraction of sp³-hybridized carbons (Fsp3) is 0.200. The van der Waals surface area contributed by atoms with Gasteiger partial charge >= 0.3 is 0 Å². The number of carbonyl (C=O) groups excluding carboxylic acids is 1. The molecule has 0 aliphatic rings. The zero-order valence-corrected chi connectivity index (χ0v) is 16.6. The standard InChI is InChI=1S/C20H19N5O2S/c1-12-4-5-16(14(3)6-12)18-11-28-20(22-18)23-19(26)17-7-15(27-24-17)10-25-9-13(2)8-21-25/h4-9,11H,10H2,1-3H3,(H,22,23,26). The van der Waals surface area contributed by atoms with Crippen molar-refractivity contribution in [3.05, 3.63) is 70.2 Å². The molecule has 4 rings (SSSR count). The Hall–Kier alpha value is -3.26. The highest BCUT2D eigenvalue weighted by Crippen LogP contribution is 2.28. The summed E-state index contributed by atoms with van der Waals surface area (Å²) in [6, 6.07) is 7.83. The van der Waals surface area contributed by atoms with Crippen molar-refractivity contribution in [2.75, 3.05) is 5.32 Å². The fourth-order valence-corrected chi connectivity index (χ4v) is 3.63. The number of thiazole rings is 1. The lowest BCUT2D eigenvalue weighted by Gasteiger charge is -2.03. The maximum Gasteiger partial charge on any atom is 0.279 e. The number of carbonyl (C=O) groups is 1. The number of aromatic nitrogens is 4. The van der Waals surface area contributed by atoms with Crippen LogP contribution in [0.15, 0.2) is 46.6 Å². The molecule has 0 radical (unpaired) electrons. The number of nitrogens with zero attached hydrogens (tertiary/aromatic N) is 4. The van der Waals surface area contributed by atoms with Gasteiger partial charge in [0.2, 0.25) is 0 Å². The zero-order valence-electron chi connectivity index (χ0n) is 15.8. The molecule has 0 saturated heterocycles. The first-order valence-corrected chi connectivity index (χ1v) is 9.65. The average molecular weight is 393 g/mol. The number of benzene rings is 1. The Kier molecular flexibility index (Phi) is 4.79. The van der Waals surface area contributed by atoms with Crippen molar-refractivity contribution < 1.29 is 9.32 Å². The molecule has 0 aliphatic heterocycles. The van der Waals surface area contributed by atoms with Crippen molar-refractivity contribution in [1.82, 2.24) is 19.9 Å². The van der Waals surface area contributed by atoms with Crippen molar-refractivity contribution in [3.8, 4) is 11.3 Å². The molecule has 28 heavy (non-hydrogen) atoms. The van der Waals surface area contributed by atoms with Gasteiger partial charge in [-0.3, -0.25) is 14.8 Å². The van der Waals surface area contributed by atoms with Crippen LogP contribution in [-0.2, 0) is 6.54 Å². The SMILES string of the molecule is Cc1ccc(-c2csc(NC(=O)c3cc(Cn4cc(C)cn4)on3)n2)c(C)c1. The van der Waals surface area contributed by atoms with Gasteiger partial charge in [-0.1, -0.05) is 28.9 Å². The van der Waals surface area contributed by atoms with Crippen molar-refractivity contribution in [2.24, 2.45) is 0 Å². The van der Waals surface area contributed by atoms with E-state index in [1.165, 1.54) is 16.9 Å². The molecule has 142 valence electrons. The van der Waals surface area contributed by atoms with Crippen LogP contribution in [0.3, 0.4) is 0 Å². The van der Waals surface area contributed by atoms with Crippen molar-refractivity contribution in [1.29, 1.82) is 0 Å². The van der Waals surface area contributed by atoms with Crippen molar-refractivity contribution >= 4 is 22.4 Å². The van der Waals surface area contributed by atoms with Crippen LogP contribution >= 0.6 is 11.3 Å². The summed E-state index contributed by atoms with van der Waals surface area (Å²) in [5, 5.41) is 13.3. The van der Waals surface area contributed by atoms with Crippen LogP contribution < -0.4 is 5.32 Å². The van der Waals surface area contributed by atoms with Gasteiger partial charge in [0.05, 0.1) is 11.9 Å². The zero-order chi connectivity index (χ0) is 19.7. The van der Waals surface area contributed by atoms with E-state index in [-0.39, 0.29) is 11.6 Å². The van der Waals surface area contributed by atoms with E-state index in [9.17, 15) is 4.79 Å². The number of aryl methyl sites for hydroxylation is 3. The first kappa shape index (κ1) is 18.1. The van der Waals surface area contributed by atoms with Crippen LogP contribution in [0.2, 0.25) is 0 Å². The van der Waals surface area contributed by atoms with Crippen LogP contribution in [0.1, 0.15) is 32.9 Å². The fourth-order valence-electron chi connectivity index (χ4n) is 2.92. The van der Waals surface area contributed by atoms with E-state index in [4.69, 9.17) is 4.52 Å². The molecular formula is C20H19N5O2S. The topological polar surface area (TPSA) is 85.8 Å². The van der Waals surface area contributed by atoms with Crippen LogP contribution in [0.4, 0.5) is 5.13 Å². The lowest BCUT2D eigenvalue weighted by molar-refractivity contribution is 0.101.